The highest BCUT2D eigenvalue weighted by Gasteiger charge is 2.34. The van der Waals surface area contributed by atoms with E-state index < -0.39 is 42.3 Å². The van der Waals surface area contributed by atoms with Crippen LogP contribution in [0.25, 0.3) is 0 Å². The standard InChI is InChI=1S/C23H20F3N3O4/c24-23(25,26)18-10-6-12-29(22(18)32)14-20(30)27-28-21(31)15-33-19-11-5-4-9-17(19)13-16-7-2-1-3-8-16/h1-12H,13-15H2,(H,27,30)(H,28,31). The number of halogens is 3. The Hall–Kier alpha value is -4.08. The largest absolute Gasteiger partial charge is 0.483 e. The van der Waals surface area contributed by atoms with Crippen molar-refractivity contribution in [1.82, 2.24) is 15.4 Å². The lowest BCUT2D eigenvalue weighted by atomic mass is 10.0. The predicted molar refractivity (Wildman–Crippen MR) is 113 cm³/mol. The summed E-state index contributed by atoms with van der Waals surface area (Å²) in [5, 5.41) is 0. The number of pyridine rings is 1. The molecule has 0 unspecified atom stereocenters. The number of para-hydroxylation sites is 1. The van der Waals surface area contributed by atoms with Crippen molar-refractivity contribution < 1.29 is 27.5 Å². The normalized spacial score (nSPS) is 11.0. The fraction of sp³-hybridized carbons (Fsp3) is 0.174. The summed E-state index contributed by atoms with van der Waals surface area (Å²) in [6, 6.07) is 18.5. The van der Waals surface area contributed by atoms with Crippen LogP contribution in [0.15, 0.2) is 77.7 Å². The summed E-state index contributed by atoms with van der Waals surface area (Å²) < 4.78 is 44.6. The molecule has 2 amide bonds. The van der Waals surface area contributed by atoms with E-state index in [1.807, 2.05) is 47.9 Å². The van der Waals surface area contributed by atoms with E-state index in [1.165, 1.54) is 0 Å². The van der Waals surface area contributed by atoms with Crippen LogP contribution in [0.1, 0.15) is 16.7 Å². The van der Waals surface area contributed by atoms with Gasteiger partial charge in [0.1, 0.15) is 17.9 Å². The second kappa shape index (κ2) is 10.5. The van der Waals surface area contributed by atoms with Crippen LogP contribution < -0.4 is 21.1 Å². The first kappa shape index (κ1) is 23.6. The number of hydrogen-bond donors (Lipinski definition) is 2. The first-order valence-electron chi connectivity index (χ1n) is 9.83. The first-order valence-corrected chi connectivity index (χ1v) is 9.83. The van der Waals surface area contributed by atoms with Gasteiger partial charge in [0.2, 0.25) is 0 Å². The molecule has 0 saturated carbocycles. The van der Waals surface area contributed by atoms with Crippen LogP contribution >= 0.6 is 0 Å². The number of benzene rings is 2. The van der Waals surface area contributed by atoms with Crippen LogP contribution in [0, 0.1) is 0 Å². The Bertz CT molecular complexity index is 1180. The minimum Gasteiger partial charge on any atom is -0.483 e. The van der Waals surface area contributed by atoms with Gasteiger partial charge in [-0.15, -0.1) is 0 Å². The molecule has 2 N–H and O–H groups in total. The Labute approximate surface area is 186 Å². The molecule has 0 aliphatic heterocycles. The lowest BCUT2D eigenvalue weighted by Gasteiger charge is -2.13. The van der Waals surface area contributed by atoms with E-state index in [9.17, 15) is 27.6 Å². The van der Waals surface area contributed by atoms with Gasteiger partial charge in [-0.2, -0.15) is 13.2 Å². The number of hydrazine groups is 1. The fourth-order valence-corrected chi connectivity index (χ4v) is 3.00. The molecular weight excluding hydrogens is 439 g/mol. The average molecular weight is 459 g/mol. The predicted octanol–water partition coefficient (Wildman–Crippen LogP) is 2.68. The van der Waals surface area contributed by atoms with Gasteiger partial charge in [0.25, 0.3) is 17.4 Å². The van der Waals surface area contributed by atoms with Gasteiger partial charge in [-0.1, -0.05) is 48.5 Å². The molecular formula is C23H20F3N3O4. The van der Waals surface area contributed by atoms with Crippen molar-refractivity contribution in [3.05, 3.63) is 100.0 Å². The zero-order valence-corrected chi connectivity index (χ0v) is 17.3. The van der Waals surface area contributed by atoms with Gasteiger partial charge >= 0.3 is 6.18 Å². The highest BCUT2D eigenvalue weighted by molar-refractivity contribution is 5.82. The summed E-state index contributed by atoms with van der Waals surface area (Å²) in [5.41, 5.74) is 3.34. The smallest absolute Gasteiger partial charge is 0.421 e. The molecule has 0 bridgehead atoms. The van der Waals surface area contributed by atoms with Gasteiger partial charge in [0.05, 0.1) is 0 Å². The Balaban J connectivity index is 1.52. The van der Waals surface area contributed by atoms with E-state index in [4.69, 9.17) is 4.74 Å². The highest BCUT2D eigenvalue weighted by atomic mass is 19.4. The van der Waals surface area contributed by atoms with E-state index in [0.29, 0.717) is 22.8 Å². The molecule has 0 radical (unpaired) electrons. The quantitative estimate of drug-likeness (QED) is 0.532. The Morgan fingerprint density at radius 1 is 0.879 bits per heavy atom. The van der Waals surface area contributed by atoms with E-state index in [2.05, 4.69) is 5.43 Å². The Morgan fingerprint density at radius 3 is 2.27 bits per heavy atom. The van der Waals surface area contributed by atoms with Gasteiger partial charge in [-0.05, 0) is 29.3 Å². The third-order valence-electron chi connectivity index (χ3n) is 4.55. The monoisotopic (exact) mass is 459 g/mol. The molecule has 0 atom stereocenters. The lowest BCUT2D eigenvalue weighted by molar-refractivity contribution is -0.139. The third-order valence-corrected chi connectivity index (χ3v) is 4.55. The van der Waals surface area contributed by atoms with Gasteiger partial charge in [0.15, 0.2) is 6.61 Å². The van der Waals surface area contributed by atoms with Crippen molar-refractivity contribution in [2.75, 3.05) is 6.61 Å². The van der Waals surface area contributed by atoms with Crippen molar-refractivity contribution in [2.24, 2.45) is 0 Å². The number of nitrogens with zero attached hydrogens (tertiary/aromatic N) is 1. The molecule has 1 aromatic heterocycles. The molecule has 0 aliphatic rings. The molecule has 0 aliphatic carbocycles. The second-order valence-corrected chi connectivity index (χ2v) is 7.01. The molecule has 3 rings (SSSR count). The van der Waals surface area contributed by atoms with E-state index in [1.54, 1.807) is 12.1 Å². The Morgan fingerprint density at radius 2 is 1.55 bits per heavy atom. The number of nitrogens with one attached hydrogen (secondary N) is 2. The summed E-state index contributed by atoms with van der Waals surface area (Å²) in [6.45, 7) is -1.11. The summed E-state index contributed by atoms with van der Waals surface area (Å²) >= 11 is 0. The molecule has 0 fully saturated rings. The summed E-state index contributed by atoms with van der Waals surface area (Å²) in [7, 11) is 0. The van der Waals surface area contributed by atoms with Crippen molar-refractivity contribution in [3.8, 4) is 5.75 Å². The highest BCUT2D eigenvalue weighted by Crippen LogP contribution is 2.26. The van der Waals surface area contributed by atoms with E-state index in [0.717, 1.165) is 23.4 Å². The molecule has 172 valence electrons. The van der Waals surface area contributed by atoms with Crippen molar-refractivity contribution >= 4 is 11.8 Å². The number of ether oxygens (including phenoxy) is 1. The topological polar surface area (TPSA) is 89.4 Å². The zero-order chi connectivity index (χ0) is 23.8. The van der Waals surface area contributed by atoms with Crippen LogP contribution in [0.2, 0.25) is 0 Å². The SMILES string of the molecule is O=C(COc1ccccc1Cc1ccccc1)NNC(=O)Cn1cccc(C(F)(F)F)c1=O. The Kier molecular flexibility index (Phi) is 7.50. The van der Waals surface area contributed by atoms with Gasteiger partial charge in [-0.3, -0.25) is 25.2 Å². The number of hydrogen-bond acceptors (Lipinski definition) is 4. The molecule has 1 heterocycles. The molecule has 7 nitrogen and oxygen atoms in total. The van der Waals surface area contributed by atoms with Crippen molar-refractivity contribution in [2.45, 2.75) is 19.1 Å². The molecule has 3 aromatic rings. The van der Waals surface area contributed by atoms with E-state index >= 15 is 0 Å². The third kappa shape index (κ3) is 6.70. The number of carbonyl (C=O) groups is 2. The minimum absolute atomic E-state index is 0.407. The molecule has 0 saturated heterocycles. The molecule has 10 heteroatoms. The van der Waals surface area contributed by atoms with Crippen molar-refractivity contribution in [1.29, 1.82) is 0 Å². The maximum atomic E-state index is 12.8. The summed E-state index contributed by atoms with van der Waals surface area (Å²) in [4.78, 5) is 35.8. The second-order valence-electron chi connectivity index (χ2n) is 7.01. The maximum Gasteiger partial charge on any atom is 0.421 e. The number of amides is 2. The van der Waals surface area contributed by atoms with Gasteiger partial charge in [-0.25, -0.2) is 0 Å². The summed E-state index contributed by atoms with van der Waals surface area (Å²) in [6.07, 6.45) is -3.19. The lowest BCUT2D eigenvalue weighted by Crippen LogP contribution is -2.46. The van der Waals surface area contributed by atoms with E-state index in [-0.39, 0.29) is 0 Å². The number of alkyl halides is 3. The average Bonchev–Trinajstić information content (AvgIpc) is 2.78. The fourth-order valence-electron chi connectivity index (χ4n) is 3.00. The van der Waals surface area contributed by atoms with Crippen LogP contribution in [-0.4, -0.2) is 23.0 Å². The van der Waals surface area contributed by atoms with Crippen LogP contribution in [0.3, 0.4) is 0 Å². The van der Waals surface area contributed by atoms with Crippen molar-refractivity contribution in [3.63, 3.8) is 0 Å². The zero-order valence-electron chi connectivity index (χ0n) is 17.3. The molecule has 2 aromatic carbocycles. The summed E-state index contributed by atoms with van der Waals surface area (Å²) in [5.74, 6) is -1.07. The van der Waals surface area contributed by atoms with Gasteiger partial charge < -0.3 is 9.30 Å². The molecule has 33 heavy (non-hydrogen) atoms. The first-order chi connectivity index (χ1) is 15.7. The van der Waals surface area contributed by atoms with Crippen LogP contribution in [-0.2, 0) is 28.7 Å². The van der Waals surface area contributed by atoms with Crippen LogP contribution in [0.4, 0.5) is 13.2 Å². The van der Waals surface area contributed by atoms with Crippen LogP contribution in [0.5, 0.6) is 5.75 Å². The number of aromatic nitrogens is 1. The minimum atomic E-state index is -4.83. The number of carbonyl (C=O) groups excluding carboxylic acids is 2. The molecule has 0 spiro atoms. The maximum absolute atomic E-state index is 12.8. The van der Waals surface area contributed by atoms with Gasteiger partial charge in [0, 0.05) is 12.6 Å². The number of rotatable bonds is 7.